The summed E-state index contributed by atoms with van der Waals surface area (Å²) in [6.45, 7) is 0. The van der Waals surface area contributed by atoms with E-state index >= 15 is 0 Å². The number of imide groups is 1. The topological polar surface area (TPSA) is 84.9 Å². The summed E-state index contributed by atoms with van der Waals surface area (Å²) in [4.78, 5) is 42.6. The molecule has 0 bridgehead atoms. The van der Waals surface area contributed by atoms with Gasteiger partial charge in [-0.15, -0.1) is 0 Å². The summed E-state index contributed by atoms with van der Waals surface area (Å²) in [6.07, 6.45) is 0.182. The van der Waals surface area contributed by atoms with Gasteiger partial charge in [0.1, 0.15) is 11.3 Å². The number of amides is 2. The quantitative estimate of drug-likeness (QED) is 0.404. The first-order valence-corrected chi connectivity index (χ1v) is 11.9. The second-order valence-corrected chi connectivity index (χ2v) is 9.45. The second-order valence-electron chi connectivity index (χ2n) is 9.01. The van der Waals surface area contributed by atoms with E-state index in [2.05, 4.69) is 5.32 Å². The molecule has 5 rings (SSSR count). The molecule has 0 spiro atoms. The molecule has 0 aromatic heterocycles. The highest BCUT2D eigenvalue weighted by Gasteiger charge is 2.68. The fourth-order valence-electron chi connectivity index (χ4n) is 5.47. The first-order chi connectivity index (χ1) is 17.4. The predicted octanol–water partition coefficient (Wildman–Crippen LogP) is 3.95. The van der Waals surface area contributed by atoms with Gasteiger partial charge in [0.2, 0.25) is 11.8 Å². The molecule has 0 saturated carbocycles. The molecule has 0 radical (unpaired) electrons. The second kappa shape index (κ2) is 9.41. The molecule has 2 fully saturated rings. The van der Waals surface area contributed by atoms with Crippen molar-refractivity contribution in [2.45, 2.75) is 18.0 Å². The first kappa shape index (κ1) is 24.0. The van der Waals surface area contributed by atoms with Gasteiger partial charge in [-0.2, -0.15) is 0 Å². The summed E-state index contributed by atoms with van der Waals surface area (Å²) in [7, 11) is 2.87. The Hall–Kier alpha value is -3.68. The molecule has 0 aliphatic carbocycles. The standard InChI is InChI=1S/C28H25ClN2O5/c1-35-21-14-8-18(9-15-21)24-22-23(26(33)31(25(22)32)20-12-10-19(29)11-13-20)28(30-24,27(34)36-2)16-17-6-4-3-5-7-17/h3-15,22-24,30H,16H2,1-2H3/t22-,23-,24-,28-/m1/s1. The monoisotopic (exact) mass is 504 g/mol. The molecule has 4 atom stereocenters. The number of benzene rings is 3. The molecule has 184 valence electrons. The summed E-state index contributed by atoms with van der Waals surface area (Å²) < 4.78 is 10.5. The minimum Gasteiger partial charge on any atom is -0.497 e. The maximum Gasteiger partial charge on any atom is 0.327 e. The van der Waals surface area contributed by atoms with E-state index in [4.69, 9.17) is 21.1 Å². The lowest BCUT2D eigenvalue weighted by Crippen LogP contribution is -2.57. The van der Waals surface area contributed by atoms with Gasteiger partial charge >= 0.3 is 5.97 Å². The normalized spacial score (nSPS) is 25.1. The number of anilines is 1. The van der Waals surface area contributed by atoms with Gasteiger partial charge in [-0.3, -0.25) is 19.7 Å². The smallest absolute Gasteiger partial charge is 0.327 e. The maximum atomic E-state index is 14.0. The lowest BCUT2D eigenvalue weighted by molar-refractivity contribution is -0.152. The first-order valence-electron chi connectivity index (χ1n) is 11.6. The molecule has 3 aromatic rings. The number of methoxy groups -OCH3 is 2. The van der Waals surface area contributed by atoms with E-state index in [1.807, 2.05) is 42.5 Å². The summed E-state index contributed by atoms with van der Waals surface area (Å²) in [5, 5.41) is 3.89. The van der Waals surface area contributed by atoms with E-state index < -0.39 is 35.3 Å². The van der Waals surface area contributed by atoms with Crippen LogP contribution in [0.5, 0.6) is 5.75 Å². The van der Waals surface area contributed by atoms with E-state index in [1.54, 1.807) is 43.5 Å². The zero-order valence-electron chi connectivity index (χ0n) is 19.8. The lowest BCUT2D eigenvalue weighted by Gasteiger charge is -2.32. The minimum atomic E-state index is -1.45. The van der Waals surface area contributed by atoms with Crippen LogP contribution in [0.4, 0.5) is 5.69 Å². The average Bonchev–Trinajstić information content (AvgIpc) is 3.38. The molecule has 3 aromatic carbocycles. The van der Waals surface area contributed by atoms with Gasteiger partial charge in [0.25, 0.3) is 0 Å². The third-order valence-corrected chi connectivity index (χ3v) is 7.34. The van der Waals surface area contributed by atoms with Gasteiger partial charge in [-0.05, 0) is 47.5 Å². The largest absolute Gasteiger partial charge is 0.497 e. The van der Waals surface area contributed by atoms with Crippen LogP contribution in [0.1, 0.15) is 17.2 Å². The molecule has 1 N–H and O–H groups in total. The molecule has 8 heteroatoms. The van der Waals surface area contributed by atoms with Crippen LogP contribution in [0.15, 0.2) is 78.9 Å². The fourth-order valence-corrected chi connectivity index (χ4v) is 5.59. The van der Waals surface area contributed by atoms with Crippen molar-refractivity contribution in [3.8, 4) is 5.75 Å². The average molecular weight is 505 g/mol. The SMILES string of the molecule is COC(=O)[C@]1(Cc2ccccc2)N[C@H](c2ccc(OC)cc2)[C@@H]2C(=O)N(c3ccc(Cl)cc3)C(=O)[C@@H]21. The van der Waals surface area contributed by atoms with Crippen molar-refractivity contribution in [3.05, 3.63) is 95.0 Å². The molecule has 2 saturated heterocycles. The predicted molar refractivity (Wildman–Crippen MR) is 135 cm³/mol. The third kappa shape index (κ3) is 3.85. The lowest BCUT2D eigenvalue weighted by atomic mass is 9.76. The molecule has 36 heavy (non-hydrogen) atoms. The number of nitrogens with zero attached hydrogens (tertiary/aromatic N) is 1. The van der Waals surface area contributed by atoms with Crippen LogP contribution in [-0.2, 0) is 25.5 Å². The Bertz CT molecular complexity index is 1300. The molecule has 0 unspecified atom stereocenters. The number of carbonyl (C=O) groups excluding carboxylic acids is 3. The molecular formula is C28H25ClN2O5. The Morgan fingerprint density at radius 2 is 1.61 bits per heavy atom. The summed E-state index contributed by atoms with van der Waals surface area (Å²) in [5.41, 5.74) is 0.577. The third-order valence-electron chi connectivity index (χ3n) is 7.09. The van der Waals surface area contributed by atoms with E-state index in [0.717, 1.165) is 11.1 Å². The van der Waals surface area contributed by atoms with E-state index in [1.165, 1.54) is 12.0 Å². The summed E-state index contributed by atoms with van der Waals surface area (Å²) >= 11 is 6.04. The summed E-state index contributed by atoms with van der Waals surface area (Å²) in [6, 6.07) is 22.6. The van der Waals surface area contributed by atoms with Crippen LogP contribution in [-0.4, -0.2) is 37.5 Å². The van der Waals surface area contributed by atoms with Crippen molar-refractivity contribution >= 4 is 35.1 Å². The Labute approximate surface area is 214 Å². The van der Waals surface area contributed by atoms with Crippen molar-refractivity contribution in [2.24, 2.45) is 11.8 Å². The van der Waals surface area contributed by atoms with Gasteiger partial charge in [0, 0.05) is 17.5 Å². The molecule has 2 amide bonds. The van der Waals surface area contributed by atoms with Crippen molar-refractivity contribution in [3.63, 3.8) is 0 Å². The Morgan fingerprint density at radius 3 is 2.22 bits per heavy atom. The van der Waals surface area contributed by atoms with Crippen LogP contribution in [0, 0.1) is 11.8 Å². The molecule has 2 aliphatic heterocycles. The van der Waals surface area contributed by atoms with Gasteiger partial charge < -0.3 is 9.47 Å². The number of carbonyl (C=O) groups is 3. The fraction of sp³-hybridized carbons (Fsp3) is 0.250. The molecular weight excluding hydrogens is 480 g/mol. The van der Waals surface area contributed by atoms with Crippen LogP contribution in [0.3, 0.4) is 0 Å². The van der Waals surface area contributed by atoms with Gasteiger partial charge in [0.15, 0.2) is 0 Å². The van der Waals surface area contributed by atoms with E-state index in [0.29, 0.717) is 16.5 Å². The zero-order chi connectivity index (χ0) is 25.4. The van der Waals surface area contributed by atoms with Crippen LogP contribution in [0.25, 0.3) is 0 Å². The number of fused-ring (bicyclic) bond motifs is 1. The summed E-state index contributed by atoms with van der Waals surface area (Å²) in [5.74, 6) is -2.54. The number of nitrogens with one attached hydrogen (secondary N) is 1. The number of esters is 1. The Balaban J connectivity index is 1.66. The van der Waals surface area contributed by atoms with Gasteiger partial charge in [-0.1, -0.05) is 54.1 Å². The van der Waals surface area contributed by atoms with Crippen molar-refractivity contribution in [1.29, 1.82) is 0 Å². The molecule has 7 nitrogen and oxygen atoms in total. The van der Waals surface area contributed by atoms with Crippen LogP contribution < -0.4 is 15.0 Å². The zero-order valence-corrected chi connectivity index (χ0v) is 20.6. The Kier molecular flexibility index (Phi) is 6.28. The highest BCUT2D eigenvalue weighted by molar-refractivity contribution is 6.31. The molecule has 2 heterocycles. The van der Waals surface area contributed by atoms with Crippen LogP contribution in [0.2, 0.25) is 5.02 Å². The van der Waals surface area contributed by atoms with Gasteiger partial charge in [0.05, 0.1) is 31.7 Å². The van der Waals surface area contributed by atoms with Crippen molar-refractivity contribution in [1.82, 2.24) is 5.32 Å². The number of rotatable bonds is 6. The van der Waals surface area contributed by atoms with E-state index in [9.17, 15) is 14.4 Å². The number of halogens is 1. The number of ether oxygens (including phenoxy) is 2. The minimum absolute atomic E-state index is 0.182. The number of hydrogen-bond acceptors (Lipinski definition) is 6. The van der Waals surface area contributed by atoms with Crippen LogP contribution >= 0.6 is 11.6 Å². The maximum absolute atomic E-state index is 14.0. The van der Waals surface area contributed by atoms with Gasteiger partial charge in [-0.25, -0.2) is 4.90 Å². The highest BCUT2D eigenvalue weighted by atomic mass is 35.5. The van der Waals surface area contributed by atoms with E-state index in [-0.39, 0.29) is 12.3 Å². The highest BCUT2D eigenvalue weighted by Crippen LogP contribution is 2.51. The molecule has 2 aliphatic rings. The van der Waals surface area contributed by atoms with Crippen molar-refractivity contribution in [2.75, 3.05) is 19.1 Å². The Morgan fingerprint density at radius 1 is 0.944 bits per heavy atom. The van der Waals surface area contributed by atoms with Crippen molar-refractivity contribution < 1.29 is 23.9 Å². The number of hydrogen-bond donors (Lipinski definition) is 1.